The van der Waals surface area contributed by atoms with Crippen molar-refractivity contribution >= 4 is 17.9 Å². The predicted molar refractivity (Wildman–Crippen MR) is 74.0 cm³/mol. The van der Waals surface area contributed by atoms with Crippen LogP contribution in [0, 0.1) is 0 Å². The minimum Gasteiger partial charge on any atom is -0.504 e. The summed E-state index contributed by atoms with van der Waals surface area (Å²) in [4.78, 5) is 15.9. The van der Waals surface area contributed by atoms with E-state index in [0.717, 1.165) is 0 Å². The molecule has 6 heteroatoms. The third-order valence-corrected chi connectivity index (χ3v) is 2.86. The molecule has 0 fully saturated rings. The van der Waals surface area contributed by atoms with Crippen LogP contribution in [0.3, 0.4) is 0 Å². The number of aromatic hydroxyl groups is 1. The van der Waals surface area contributed by atoms with Gasteiger partial charge in [0.15, 0.2) is 23.0 Å². The van der Waals surface area contributed by atoms with Crippen molar-refractivity contribution < 1.29 is 23.8 Å². The van der Waals surface area contributed by atoms with Crippen molar-refractivity contribution in [2.24, 2.45) is 4.99 Å². The van der Waals surface area contributed by atoms with Crippen LogP contribution in [0.5, 0.6) is 11.5 Å². The molecule has 1 aliphatic rings. The van der Waals surface area contributed by atoms with E-state index in [1.807, 2.05) is 0 Å². The van der Waals surface area contributed by atoms with Crippen molar-refractivity contribution in [3.63, 3.8) is 0 Å². The SMILES string of the molecule is COc1cc(/C=C2/N=C(c3ccco3)OC2=O)ccc1O. The van der Waals surface area contributed by atoms with Gasteiger partial charge in [-0.3, -0.25) is 0 Å². The lowest BCUT2D eigenvalue weighted by Crippen LogP contribution is -2.04. The summed E-state index contributed by atoms with van der Waals surface area (Å²) >= 11 is 0. The van der Waals surface area contributed by atoms with Gasteiger partial charge in [-0.2, -0.15) is 0 Å². The first-order chi connectivity index (χ1) is 10.2. The molecule has 106 valence electrons. The Morgan fingerprint density at radius 1 is 1.33 bits per heavy atom. The van der Waals surface area contributed by atoms with E-state index in [0.29, 0.717) is 17.1 Å². The van der Waals surface area contributed by atoms with Crippen molar-refractivity contribution in [3.8, 4) is 11.5 Å². The molecule has 1 aliphatic heterocycles. The number of benzene rings is 1. The zero-order valence-corrected chi connectivity index (χ0v) is 11.1. The van der Waals surface area contributed by atoms with Crippen molar-refractivity contribution in [1.29, 1.82) is 0 Å². The lowest BCUT2D eigenvalue weighted by molar-refractivity contribution is -0.130. The van der Waals surface area contributed by atoms with Crippen LogP contribution in [0.15, 0.2) is 51.7 Å². The molecule has 0 atom stereocenters. The molecule has 0 aliphatic carbocycles. The van der Waals surface area contributed by atoms with Crippen LogP contribution in [0.25, 0.3) is 6.08 Å². The van der Waals surface area contributed by atoms with E-state index < -0.39 is 5.97 Å². The third kappa shape index (κ3) is 2.51. The number of carbonyl (C=O) groups is 1. The molecular formula is C15H11NO5. The van der Waals surface area contributed by atoms with E-state index in [2.05, 4.69) is 4.99 Å². The standard InChI is InChI=1S/C15H11NO5/c1-19-13-8-9(4-5-11(13)17)7-10-15(18)21-14(16-10)12-3-2-6-20-12/h2-8,17H,1H3/b10-7+. The molecule has 0 saturated carbocycles. The number of cyclic esters (lactones) is 1. The van der Waals surface area contributed by atoms with Crippen molar-refractivity contribution in [1.82, 2.24) is 0 Å². The summed E-state index contributed by atoms with van der Waals surface area (Å²) in [6.07, 6.45) is 3.01. The monoisotopic (exact) mass is 285 g/mol. The Balaban J connectivity index is 1.94. The minimum atomic E-state index is -0.562. The maximum Gasteiger partial charge on any atom is 0.363 e. The highest BCUT2D eigenvalue weighted by molar-refractivity contribution is 6.11. The zero-order chi connectivity index (χ0) is 14.8. The van der Waals surface area contributed by atoms with Gasteiger partial charge in [0.25, 0.3) is 5.90 Å². The lowest BCUT2D eigenvalue weighted by Gasteiger charge is -2.03. The van der Waals surface area contributed by atoms with E-state index in [9.17, 15) is 9.90 Å². The fourth-order valence-corrected chi connectivity index (χ4v) is 1.86. The molecule has 1 aromatic heterocycles. The molecule has 2 heterocycles. The highest BCUT2D eigenvalue weighted by Crippen LogP contribution is 2.28. The second kappa shape index (κ2) is 5.16. The molecule has 6 nitrogen and oxygen atoms in total. The number of hydrogen-bond donors (Lipinski definition) is 1. The van der Waals surface area contributed by atoms with Gasteiger partial charge in [0.2, 0.25) is 0 Å². The van der Waals surface area contributed by atoms with Gasteiger partial charge in [-0.1, -0.05) is 6.07 Å². The normalized spacial score (nSPS) is 16.0. The number of rotatable bonds is 3. The van der Waals surface area contributed by atoms with Gasteiger partial charge in [0.1, 0.15) is 0 Å². The number of esters is 1. The van der Waals surface area contributed by atoms with Gasteiger partial charge >= 0.3 is 5.97 Å². The van der Waals surface area contributed by atoms with Gasteiger partial charge in [-0.25, -0.2) is 9.79 Å². The van der Waals surface area contributed by atoms with Gasteiger partial charge in [-0.15, -0.1) is 0 Å². The molecule has 21 heavy (non-hydrogen) atoms. The second-order valence-corrected chi connectivity index (χ2v) is 4.24. The highest BCUT2D eigenvalue weighted by atomic mass is 16.6. The molecule has 3 rings (SSSR count). The Hall–Kier alpha value is -3.02. The number of hydrogen-bond acceptors (Lipinski definition) is 6. The van der Waals surface area contributed by atoms with E-state index in [1.54, 1.807) is 30.3 Å². The molecule has 0 bridgehead atoms. The fraction of sp³-hybridized carbons (Fsp3) is 0.0667. The smallest absolute Gasteiger partial charge is 0.363 e. The van der Waals surface area contributed by atoms with Crippen LogP contribution in [0.1, 0.15) is 11.3 Å². The third-order valence-electron chi connectivity index (χ3n) is 2.86. The van der Waals surface area contributed by atoms with E-state index >= 15 is 0 Å². The maximum absolute atomic E-state index is 11.8. The Bertz CT molecular complexity index is 743. The van der Waals surface area contributed by atoms with Crippen molar-refractivity contribution in [3.05, 3.63) is 53.6 Å². The highest BCUT2D eigenvalue weighted by Gasteiger charge is 2.25. The molecule has 0 saturated heterocycles. The second-order valence-electron chi connectivity index (χ2n) is 4.24. The zero-order valence-electron chi connectivity index (χ0n) is 11.1. The molecule has 1 N–H and O–H groups in total. The summed E-state index contributed by atoms with van der Waals surface area (Å²) < 4.78 is 15.2. The first-order valence-electron chi connectivity index (χ1n) is 6.11. The first kappa shape index (κ1) is 13.0. The van der Waals surface area contributed by atoms with Gasteiger partial charge in [-0.05, 0) is 35.9 Å². The number of carbonyl (C=O) groups excluding carboxylic acids is 1. The number of nitrogens with zero attached hydrogens (tertiary/aromatic N) is 1. The molecule has 2 aromatic rings. The Kier molecular flexibility index (Phi) is 3.19. The number of aliphatic imine (C=N–C) groups is 1. The Morgan fingerprint density at radius 3 is 2.90 bits per heavy atom. The average Bonchev–Trinajstić information content (AvgIpc) is 3.11. The predicted octanol–water partition coefficient (Wildman–Crippen LogP) is 2.34. The Labute approximate surface area is 119 Å². The lowest BCUT2D eigenvalue weighted by atomic mass is 10.1. The molecule has 0 radical (unpaired) electrons. The van der Waals surface area contributed by atoms with Crippen LogP contribution in [-0.4, -0.2) is 24.1 Å². The van der Waals surface area contributed by atoms with Crippen LogP contribution in [0.4, 0.5) is 0 Å². The van der Waals surface area contributed by atoms with E-state index in [-0.39, 0.29) is 17.3 Å². The first-order valence-corrected chi connectivity index (χ1v) is 6.11. The van der Waals surface area contributed by atoms with Crippen LogP contribution >= 0.6 is 0 Å². The maximum atomic E-state index is 11.8. The number of phenolic OH excluding ortho intramolecular Hbond substituents is 1. The number of phenols is 1. The van der Waals surface area contributed by atoms with Gasteiger partial charge in [0, 0.05) is 0 Å². The van der Waals surface area contributed by atoms with Crippen LogP contribution < -0.4 is 4.74 Å². The largest absolute Gasteiger partial charge is 0.504 e. The average molecular weight is 285 g/mol. The number of methoxy groups -OCH3 is 1. The number of ether oxygens (including phenoxy) is 2. The Morgan fingerprint density at radius 2 is 2.19 bits per heavy atom. The minimum absolute atomic E-state index is 0.0217. The van der Waals surface area contributed by atoms with Gasteiger partial charge < -0.3 is 19.0 Å². The van der Waals surface area contributed by atoms with Crippen molar-refractivity contribution in [2.45, 2.75) is 0 Å². The summed E-state index contributed by atoms with van der Waals surface area (Å²) in [6, 6.07) is 8.04. The van der Waals surface area contributed by atoms with Gasteiger partial charge in [0.05, 0.1) is 13.4 Å². The van der Waals surface area contributed by atoms with Crippen molar-refractivity contribution in [2.75, 3.05) is 7.11 Å². The summed E-state index contributed by atoms with van der Waals surface area (Å²) in [5.41, 5.74) is 0.801. The van der Waals surface area contributed by atoms with Crippen LogP contribution in [0.2, 0.25) is 0 Å². The summed E-state index contributed by atoms with van der Waals surface area (Å²) in [6.45, 7) is 0. The fourth-order valence-electron chi connectivity index (χ4n) is 1.86. The molecule has 0 spiro atoms. The molecule has 0 unspecified atom stereocenters. The summed E-state index contributed by atoms with van der Waals surface area (Å²) in [7, 11) is 1.45. The molecule has 1 aromatic carbocycles. The molecule has 0 amide bonds. The van der Waals surface area contributed by atoms with E-state index in [1.165, 1.54) is 19.4 Å². The quantitative estimate of drug-likeness (QED) is 0.691. The molecular weight excluding hydrogens is 274 g/mol. The topological polar surface area (TPSA) is 81.3 Å². The summed E-state index contributed by atoms with van der Waals surface area (Å²) in [5, 5.41) is 9.54. The number of furan rings is 1. The van der Waals surface area contributed by atoms with E-state index in [4.69, 9.17) is 13.9 Å². The summed E-state index contributed by atoms with van der Waals surface area (Å²) in [5.74, 6) is 0.282. The van der Waals surface area contributed by atoms with Crippen LogP contribution in [-0.2, 0) is 9.53 Å².